The second kappa shape index (κ2) is 5.19. The number of ether oxygens (including phenoxy) is 1. The molecule has 0 saturated heterocycles. The number of aliphatic hydroxyl groups excluding tert-OH is 1. The summed E-state index contributed by atoms with van der Waals surface area (Å²) in [6, 6.07) is 3.99. The summed E-state index contributed by atoms with van der Waals surface area (Å²) in [5.41, 5.74) is 2.28. The number of hydrogen-bond donors (Lipinski definition) is 1. The minimum atomic E-state index is -0.339. The predicted octanol–water partition coefficient (Wildman–Crippen LogP) is 3.61. The van der Waals surface area contributed by atoms with Crippen LogP contribution in [0.1, 0.15) is 43.4 Å². The third-order valence-corrected chi connectivity index (χ3v) is 3.74. The molecule has 16 heavy (non-hydrogen) atoms. The summed E-state index contributed by atoms with van der Waals surface area (Å²) in [4.78, 5) is 0. The smallest absolute Gasteiger partial charge is 0.120 e. The van der Waals surface area contributed by atoms with E-state index in [9.17, 15) is 5.11 Å². The highest BCUT2D eigenvalue weighted by atomic mass is 79.9. The third-order valence-electron chi connectivity index (χ3n) is 3.03. The molecule has 2 nitrogen and oxygen atoms in total. The lowest BCUT2D eigenvalue weighted by Crippen LogP contribution is -2.01. The highest BCUT2D eigenvalue weighted by molar-refractivity contribution is 9.10. The molecule has 0 heterocycles. The van der Waals surface area contributed by atoms with Crippen LogP contribution in [0.3, 0.4) is 0 Å². The van der Waals surface area contributed by atoms with E-state index in [0.717, 1.165) is 41.5 Å². The number of hydrogen-bond acceptors (Lipinski definition) is 2. The van der Waals surface area contributed by atoms with E-state index in [-0.39, 0.29) is 6.10 Å². The highest BCUT2D eigenvalue weighted by Crippen LogP contribution is 2.36. The van der Waals surface area contributed by atoms with Crippen LogP contribution in [0.2, 0.25) is 0 Å². The average molecular weight is 285 g/mol. The molecule has 1 atom stereocenters. The normalized spacial score (nSPS) is 20.1. The monoisotopic (exact) mass is 284 g/mol. The Morgan fingerprint density at radius 1 is 1.44 bits per heavy atom. The van der Waals surface area contributed by atoms with Gasteiger partial charge in [-0.2, -0.15) is 0 Å². The molecule has 1 aromatic rings. The van der Waals surface area contributed by atoms with Gasteiger partial charge < -0.3 is 9.84 Å². The minimum absolute atomic E-state index is 0.339. The van der Waals surface area contributed by atoms with Gasteiger partial charge in [0.2, 0.25) is 0 Å². The lowest BCUT2D eigenvalue weighted by Gasteiger charge is -2.15. The maximum Gasteiger partial charge on any atom is 0.120 e. The minimum Gasteiger partial charge on any atom is -0.494 e. The zero-order chi connectivity index (χ0) is 11.5. The van der Waals surface area contributed by atoms with E-state index >= 15 is 0 Å². The zero-order valence-corrected chi connectivity index (χ0v) is 11.1. The molecule has 0 spiro atoms. The summed E-state index contributed by atoms with van der Waals surface area (Å²) in [5.74, 6) is 0.842. The molecule has 0 radical (unpaired) electrons. The standard InChI is InChI=1S/C13H17BrO2/c1-2-16-9-7-11-10(12(14)8-9)5-3-4-6-13(11)15/h7-8,13,15H,2-6H2,1H3/t13-/m1/s1. The molecule has 88 valence electrons. The molecule has 0 aliphatic heterocycles. The van der Waals surface area contributed by atoms with Crippen molar-refractivity contribution in [1.82, 2.24) is 0 Å². The Balaban J connectivity index is 2.42. The molecule has 0 unspecified atom stereocenters. The van der Waals surface area contributed by atoms with Gasteiger partial charge in [0.15, 0.2) is 0 Å². The van der Waals surface area contributed by atoms with Crippen LogP contribution in [-0.2, 0) is 6.42 Å². The second-order valence-electron chi connectivity index (χ2n) is 4.17. The molecule has 0 saturated carbocycles. The van der Waals surface area contributed by atoms with Crippen molar-refractivity contribution in [1.29, 1.82) is 0 Å². The highest BCUT2D eigenvalue weighted by Gasteiger charge is 2.19. The first-order chi connectivity index (χ1) is 7.72. The number of benzene rings is 1. The van der Waals surface area contributed by atoms with Gasteiger partial charge in [-0.3, -0.25) is 0 Å². The molecule has 0 fully saturated rings. The van der Waals surface area contributed by atoms with Gasteiger partial charge in [0.05, 0.1) is 12.7 Å². The lowest BCUT2D eigenvalue weighted by atomic mass is 10.0. The van der Waals surface area contributed by atoms with Gasteiger partial charge in [0.25, 0.3) is 0 Å². The topological polar surface area (TPSA) is 29.5 Å². The van der Waals surface area contributed by atoms with Gasteiger partial charge in [-0.15, -0.1) is 0 Å². The Morgan fingerprint density at radius 3 is 3.00 bits per heavy atom. The van der Waals surface area contributed by atoms with Gasteiger partial charge in [-0.25, -0.2) is 0 Å². The van der Waals surface area contributed by atoms with Crippen molar-refractivity contribution in [3.05, 3.63) is 27.7 Å². The van der Waals surface area contributed by atoms with E-state index in [1.54, 1.807) is 0 Å². The van der Waals surface area contributed by atoms with Crippen molar-refractivity contribution in [2.75, 3.05) is 6.61 Å². The Labute approximate surface area is 105 Å². The fourth-order valence-electron chi connectivity index (χ4n) is 2.24. The van der Waals surface area contributed by atoms with Crippen LogP contribution in [0.25, 0.3) is 0 Å². The molecule has 3 heteroatoms. The van der Waals surface area contributed by atoms with Gasteiger partial charge >= 0.3 is 0 Å². The van der Waals surface area contributed by atoms with E-state index < -0.39 is 0 Å². The largest absolute Gasteiger partial charge is 0.494 e. The molecule has 1 aromatic carbocycles. The van der Waals surface area contributed by atoms with Crippen molar-refractivity contribution in [3.63, 3.8) is 0 Å². The number of rotatable bonds is 2. The SMILES string of the molecule is CCOc1cc(Br)c2c(c1)[C@H](O)CCCC2. The number of halogens is 1. The number of aliphatic hydroxyl groups is 1. The van der Waals surface area contributed by atoms with E-state index in [1.807, 2.05) is 19.1 Å². The molecular weight excluding hydrogens is 268 g/mol. The van der Waals surface area contributed by atoms with Gasteiger partial charge in [-0.1, -0.05) is 22.4 Å². The fourth-order valence-corrected chi connectivity index (χ4v) is 2.89. The van der Waals surface area contributed by atoms with Crippen LogP contribution in [0.5, 0.6) is 5.75 Å². The summed E-state index contributed by atoms with van der Waals surface area (Å²) in [7, 11) is 0. The van der Waals surface area contributed by atoms with Crippen molar-refractivity contribution >= 4 is 15.9 Å². The van der Waals surface area contributed by atoms with Crippen LogP contribution in [0, 0.1) is 0 Å². The maximum absolute atomic E-state index is 10.1. The first-order valence-electron chi connectivity index (χ1n) is 5.85. The molecule has 1 N–H and O–H groups in total. The van der Waals surface area contributed by atoms with Crippen molar-refractivity contribution in [2.45, 2.75) is 38.7 Å². The van der Waals surface area contributed by atoms with E-state index in [1.165, 1.54) is 5.56 Å². The summed E-state index contributed by atoms with van der Waals surface area (Å²) >= 11 is 3.57. The quantitative estimate of drug-likeness (QED) is 0.841. The summed E-state index contributed by atoms with van der Waals surface area (Å²) in [6.45, 7) is 2.62. The Hall–Kier alpha value is -0.540. The predicted molar refractivity (Wildman–Crippen MR) is 67.8 cm³/mol. The summed E-state index contributed by atoms with van der Waals surface area (Å²) in [6.07, 6.45) is 3.80. The van der Waals surface area contributed by atoms with Crippen LogP contribution >= 0.6 is 15.9 Å². The van der Waals surface area contributed by atoms with Crippen LogP contribution in [0.15, 0.2) is 16.6 Å². The molecule has 0 amide bonds. The molecule has 1 aliphatic rings. The van der Waals surface area contributed by atoms with Gasteiger partial charge in [0, 0.05) is 4.47 Å². The van der Waals surface area contributed by atoms with Gasteiger partial charge in [0.1, 0.15) is 5.75 Å². The van der Waals surface area contributed by atoms with Crippen molar-refractivity contribution in [3.8, 4) is 5.75 Å². The van der Waals surface area contributed by atoms with Crippen molar-refractivity contribution in [2.24, 2.45) is 0 Å². The molecule has 1 aliphatic carbocycles. The van der Waals surface area contributed by atoms with Crippen molar-refractivity contribution < 1.29 is 9.84 Å². The van der Waals surface area contributed by atoms with Crippen LogP contribution < -0.4 is 4.74 Å². The Bertz CT molecular complexity index is 376. The average Bonchev–Trinajstić information content (AvgIpc) is 2.43. The zero-order valence-electron chi connectivity index (χ0n) is 9.50. The summed E-state index contributed by atoms with van der Waals surface area (Å²) in [5, 5.41) is 10.1. The number of fused-ring (bicyclic) bond motifs is 1. The van der Waals surface area contributed by atoms with Gasteiger partial charge in [-0.05, 0) is 49.4 Å². The van der Waals surface area contributed by atoms with E-state index in [0.29, 0.717) is 6.61 Å². The maximum atomic E-state index is 10.1. The van der Waals surface area contributed by atoms with Crippen LogP contribution in [-0.4, -0.2) is 11.7 Å². The third kappa shape index (κ3) is 2.41. The van der Waals surface area contributed by atoms with E-state index in [4.69, 9.17) is 4.74 Å². The molecular formula is C13H17BrO2. The lowest BCUT2D eigenvalue weighted by molar-refractivity contribution is 0.166. The summed E-state index contributed by atoms with van der Waals surface area (Å²) < 4.78 is 6.57. The van der Waals surface area contributed by atoms with Crippen LogP contribution in [0.4, 0.5) is 0 Å². The molecule has 0 aromatic heterocycles. The Kier molecular flexibility index (Phi) is 3.87. The Morgan fingerprint density at radius 2 is 2.25 bits per heavy atom. The molecule has 0 bridgehead atoms. The molecule has 2 rings (SSSR count). The first kappa shape index (κ1) is 11.9. The second-order valence-corrected chi connectivity index (χ2v) is 5.02. The first-order valence-corrected chi connectivity index (χ1v) is 6.65. The fraction of sp³-hybridized carbons (Fsp3) is 0.538. The van der Waals surface area contributed by atoms with E-state index in [2.05, 4.69) is 15.9 Å².